The predicted molar refractivity (Wildman–Crippen MR) is 79.3 cm³/mol. The molecule has 0 spiro atoms. The topological polar surface area (TPSA) is 67.8 Å². The van der Waals surface area contributed by atoms with Gasteiger partial charge in [-0.3, -0.25) is 15.1 Å². The summed E-state index contributed by atoms with van der Waals surface area (Å²) >= 11 is 1.28. The normalized spacial score (nSPS) is 11.0. The number of benzene rings is 1. The molecule has 0 aliphatic carbocycles. The molecule has 6 heteroatoms. The van der Waals surface area contributed by atoms with Crippen LogP contribution in [0.15, 0.2) is 48.1 Å². The molecule has 0 aliphatic rings. The van der Waals surface area contributed by atoms with Crippen molar-refractivity contribution in [2.45, 2.75) is 0 Å². The van der Waals surface area contributed by atoms with E-state index in [1.165, 1.54) is 17.4 Å². The molecule has 0 bridgehead atoms. The van der Waals surface area contributed by atoms with Gasteiger partial charge < -0.3 is 0 Å². The molecule has 2 aromatic heterocycles. The summed E-state index contributed by atoms with van der Waals surface area (Å²) in [6.07, 6.45) is 4.94. The first-order valence-electron chi connectivity index (χ1n) is 5.92. The molecule has 2 heterocycles. The van der Waals surface area contributed by atoms with Gasteiger partial charge in [0.2, 0.25) is 11.0 Å². The number of carbonyl (C=O) groups is 1. The third kappa shape index (κ3) is 2.70. The number of pyridine rings is 1. The molecule has 1 aromatic carbocycles. The summed E-state index contributed by atoms with van der Waals surface area (Å²) in [5.74, 6) is -0.241. The lowest BCUT2D eigenvalue weighted by Crippen LogP contribution is -2.07. The van der Waals surface area contributed by atoms with E-state index in [0.29, 0.717) is 5.13 Å². The van der Waals surface area contributed by atoms with Gasteiger partial charge in [0.15, 0.2) is 0 Å². The van der Waals surface area contributed by atoms with Crippen LogP contribution >= 0.6 is 11.3 Å². The Kier molecular flexibility index (Phi) is 3.47. The van der Waals surface area contributed by atoms with Gasteiger partial charge in [-0.25, -0.2) is 0 Å². The van der Waals surface area contributed by atoms with Crippen molar-refractivity contribution in [2.75, 3.05) is 5.32 Å². The highest BCUT2D eigenvalue weighted by Crippen LogP contribution is 2.17. The number of para-hydroxylation sites is 1. The minimum Gasteiger partial charge on any atom is -0.297 e. The monoisotopic (exact) mass is 282 g/mol. The SMILES string of the molecule is O=C(/C=C/c1cccc2cccnc12)Nc1nncs1. The number of fused-ring (bicyclic) bond motifs is 1. The number of nitrogens with one attached hydrogen (secondary N) is 1. The average Bonchev–Trinajstić information content (AvgIpc) is 2.98. The summed E-state index contributed by atoms with van der Waals surface area (Å²) in [5.41, 5.74) is 3.33. The zero-order chi connectivity index (χ0) is 13.8. The van der Waals surface area contributed by atoms with Crippen molar-refractivity contribution >= 4 is 39.4 Å². The van der Waals surface area contributed by atoms with E-state index in [9.17, 15) is 4.79 Å². The van der Waals surface area contributed by atoms with Crippen molar-refractivity contribution in [3.05, 3.63) is 53.7 Å². The van der Waals surface area contributed by atoms with Gasteiger partial charge in [-0.15, -0.1) is 10.2 Å². The molecule has 0 saturated heterocycles. The van der Waals surface area contributed by atoms with Gasteiger partial charge in [-0.1, -0.05) is 35.6 Å². The number of anilines is 1. The lowest BCUT2D eigenvalue weighted by molar-refractivity contribution is -0.111. The van der Waals surface area contributed by atoms with Crippen LogP contribution in [0.1, 0.15) is 5.56 Å². The van der Waals surface area contributed by atoms with E-state index < -0.39 is 0 Å². The molecule has 0 aliphatic heterocycles. The van der Waals surface area contributed by atoms with Crippen LogP contribution in [0, 0.1) is 0 Å². The molecule has 3 rings (SSSR count). The molecule has 1 amide bonds. The van der Waals surface area contributed by atoms with Crippen molar-refractivity contribution in [3.8, 4) is 0 Å². The Morgan fingerprint density at radius 3 is 3.00 bits per heavy atom. The van der Waals surface area contributed by atoms with Crippen molar-refractivity contribution in [1.82, 2.24) is 15.2 Å². The lowest BCUT2D eigenvalue weighted by atomic mass is 10.1. The number of aromatic nitrogens is 3. The number of hydrogen-bond acceptors (Lipinski definition) is 5. The number of rotatable bonds is 3. The maximum atomic E-state index is 11.7. The Balaban J connectivity index is 1.82. The quantitative estimate of drug-likeness (QED) is 0.750. The Hall–Kier alpha value is -2.60. The molecular formula is C14H10N4OS. The van der Waals surface area contributed by atoms with Gasteiger partial charge in [0.05, 0.1) is 5.52 Å². The summed E-state index contributed by atoms with van der Waals surface area (Å²) in [5, 5.41) is 11.6. The molecule has 98 valence electrons. The fourth-order valence-corrected chi connectivity index (χ4v) is 2.25. The molecular weight excluding hydrogens is 272 g/mol. The van der Waals surface area contributed by atoms with E-state index in [4.69, 9.17) is 0 Å². The van der Waals surface area contributed by atoms with Crippen LogP contribution in [0.4, 0.5) is 5.13 Å². The Morgan fingerprint density at radius 2 is 2.15 bits per heavy atom. The Labute approximate surface area is 119 Å². The molecule has 0 radical (unpaired) electrons. The van der Waals surface area contributed by atoms with Crippen molar-refractivity contribution in [3.63, 3.8) is 0 Å². The second kappa shape index (κ2) is 5.58. The minimum absolute atomic E-state index is 0.241. The van der Waals surface area contributed by atoms with E-state index in [0.717, 1.165) is 16.5 Å². The second-order valence-electron chi connectivity index (χ2n) is 3.99. The maximum absolute atomic E-state index is 11.7. The van der Waals surface area contributed by atoms with Crippen LogP contribution < -0.4 is 5.32 Å². The van der Waals surface area contributed by atoms with Gasteiger partial charge in [0.25, 0.3) is 0 Å². The first-order valence-corrected chi connectivity index (χ1v) is 6.80. The van der Waals surface area contributed by atoms with Crippen LogP contribution in [0.5, 0.6) is 0 Å². The molecule has 0 fully saturated rings. The van der Waals surface area contributed by atoms with Crippen LogP contribution in [0.2, 0.25) is 0 Å². The maximum Gasteiger partial charge on any atom is 0.250 e. The Morgan fingerprint density at radius 1 is 1.25 bits per heavy atom. The third-order valence-electron chi connectivity index (χ3n) is 2.67. The summed E-state index contributed by atoms with van der Waals surface area (Å²) in [6, 6.07) is 9.72. The van der Waals surface area contributed by atoms with E-state index in [1.807, 2.05) is 30.3 Å². The zero-order valence-electron chi connectivity index (χ0n) is 10.4. The fraction of sp³-hybridized carbons (Fsp3) is 0. The van der Waals surface area contributed by atoms with Crippen molar-refractivity contribution < 1.29 is 4.79 Å². The largest absolute Gasteiger partial charge is 0.297 e. The van der Waals surface area contributed by atoms with Crippen LogP contribution in [0.25, 0.3) is 17.0 Å². The summed E-state index contributed by atoms with van der Waals surface area (Å²) in [6.45, 7) is 0. The van der Waals surface area contributed by atoms with E-state index >= 15 is 0 Å². The third-order valence-corrected chi connectivity index (χ3v) is 3.28. The van der Waals surface area contributed by atoms with Crippen LogP contribution in [-0.4, -0.2) is 21.1 Å². The molecule has 20 heavy (non-hydrogen) atoms. The van der Waals surface area contributed by atoms with Gasteiger partial charge in [-0.05, 0) is 12.1 Å². The first-order chi connectivity index (χ1) is 9.83. The highest BCUT2D eigenvalue weighted by Gasteiger charge is 2.02. The van der Waals surface area contributed by atoms with E-state index in [-0.39, 0.29) is 5.91 Å². The average molecular weight is 282 g/mol. The van der Waals surface area contributed by atoms with E-state index in [1.54, 1.807) is 17.8 Å². The van der Waals surface area contributed by atoms with E-state index in [2.05, 4.69) is 20.5 Å². The molecule has 0 atom stereocenters. The number of amides is 1. The molecule has 5 nitrogen and oxygen atoms in total. The van der Waals surface area contributed by atoms with Crippen LogP contribution in [0.3, 0.4) is 0 Å². The van der Waals surface area contributed by atoms with Gasteiger partial charge in [0, 0.05) is 23.2 Å². The zero-order valence-corrected chi connectivity index (χ0v) is 11.2. The Bertz CT molecular complexity index is 762. The fourth-order valence-electron chi connectivity index (χ4n) is 1.80. The highest BCUT2D eigenvalue weighted by molar-refractivity contribution is 7.13. The molecule has 0 unspecified atom stereocenters. The molecule has 0 saturated carbocycles. The van der Waals surface area contributed by atoms with Gasteiger partial charge >= 0.3 is 0 Å². The van der Waals surface area contributed by atoms with Crippen molar-refractivity contribution in [1.29, 1.82) is 0 Å². The summed E-state index contributed by atoms with van der Waals surface area (Å²) < 4.78 is 0. The van der Waals surface area contributed by atoms with Crippen LogP contribution in [-0.2, 0) is 4.79 Å². The number of nitrogens with zero attached hydrogens (tertiary/aromatic N) is 3. The first kappa shape index (κ1) is 12.4. The molecule has 1 N–H and O–H groups in total. The van der Waals surface area contributed by atoms with Gasteiger partial charge in [0.1, 0.15) is 5.51 Å². The smallest absolute Gasteiger partial charge is 0.250 e. The number of carbonyl (C=O) groups excluding carboxylic acids is 1. The minimum atomic E-state index is -0.241. The lowest BCUT2D eigenvalue weighted by Gasteiger charge is -2.00. The van der Waals surface area contributed by atoms with Crippen molar-refractivity contribution in [2.24, 2.45) is 0 Å². The van der Waals surface area contributed by atoms with Gasteiger partial charge in [-0.2, -0.15) is 0 Å². The summed E-state index contributed by atoms with van der Waals surface area (Å²) in [4.78, 5) is 16.1. The highest BCUT2D eigenvalue weighted by atomic mass is 32.1. The second-order valence-corrected chi connectivity index (χ2v) is 4.82. The molecule has 3 aromatic rings. The summed E-state index contributed by atoms with van der Waals surface area (Å²) in [7, 11) is 0. The predicted octanol–water partition coefficient (Wildman–Crippen LogP) is 2.74. The number of hydrogen-bond donors (Lipinski definition) is 1. The standard InChI is InChI=1S/C14H10N4OS/c19-12(17-14-18-16-9-20-14)7-6-11-4-1-3-10-5-2-8-15-13(10)11/h1-9H,(H,17,18,19)/b7-6+.